The van der Waals surface area contributed by atoms with E-state index < -0.39 is 11.3 Å². The Labute approximate surface area is 200 Å². The molecule has 6 nitrogen and oxygen atoms in total. The van der Waals surface area contributed by atoms with Gasteiger partial charge >= 0.3 is 0 Å². The molecule has 0 radical (unpaired) electrons. The van der Waals surface area contributed by atoms with Gasteiger partial charge in [0.05, 0.1) is 0 Å². The lowest BCUT2D eigenvalue weighted by Gasteiger charge is -2.33. The van der Waals surface area contributed by atoms with E-state index in [2.05, 4.69) is 17.4 Å². The maximum absolute atomic E-state index is 13.5. The molecule has 176 valence electrons. The Morgan fingerprint density at radius 3 is 2.29 bits per heavy atom. The zero-order valence-corrected chi connectivity index (χ0v) is 19.7. The summed E-state index contributed by atoms with van der Waals surface area (Å²) in [5, 5.41) is 2.82. The number of carbonyl (C=O) groups is 2. The molecule has 0 saturated carbocycles. The van der Waals surface area contributed by atoms with Crippen molar-refractivity contribution in [1.82, 2.24) is 14.8 Å². The lowest BCUT2D eigenvalue weighted by molar-refractivity contribution is 0.0704. The summed E-state index contributed by atoms with van der Waals surface area (Å²) in [5.41, 5.74) is 1.66. The van der Waals surface area contributed by atoms with Crippen molar-refractivity contribution in [2.24, 2.45) is 0 Å². The molecular formula is C28H31N3O3. The summed E-state index contributed by atoms with van der Waals surface area (Å²) < 4.78 is 1.77. The number of nitrogens with zero attached hydrogens (tertiary/aromatic N) is 2. The van der Waals surface area contributed by atoms with Gasteiger partial charge in [-0.05, 0) is 37.8 Å². The van der Waals surface area contributed by atoms with Crippen molar-refractivity contribution in [3.05, 3.63) is 106 Å². The van der Waals surface area contributed by atoms with Gasteiger partial charge < -0.3 is 14.8 Å². The largest absolute Gasteiger partial charge is 0.350 e. The third-order valence-electron chi connectivity index (χ3n) is 6.39. The molecule has 1 aliphatic heterocycles. The van der Waals surface area contributed by atoms with Gasteiger partial charge in [-0.3, -0.25) is 14.4 Å². The highest BCUT2D eigenvalue weighted by molar-refractivity contribution is 5.99. The van der Waals surface area contributed by atoms with Gasteiger partial charge in [0.25, 0.3) is 11.8 Å². The van der Waals surface area contributed by atoms with Gasteiger partial charge in [-0.1, -0.05) is 60.7 Å². The molecule has 0 unspecified atom stereocenters. The number of nitrogens with one attached hydrogen (secondary N) is 1. The molecule has 6 heteroatoms. The zero-order valence-electron chi connectivity index (χ0n) is 19.7. The topological polar surface area (TPSA) is 71.4 Å². The minimum atomic E-state index is -0.519. The fourth-order valence-corrected chi connectivity index (χ4v) is 4.41. The summed E-state index contributed by atoms with van der Waals surface area (Å²) in [6, 6.07) is 19.7. The summed E-state index contributed by atoms with van der Waals surface area (Å²) in [6.07, 6.45) is 5.02. The second-order valence-electron chi connectivity index (χ2n) is 9.12. The van der Waals surface area contributed by atoms with Crippen molar-refractivity contribution in [3.63, 3.8) is 0 Å². The zero-order chi connectivity index (χ0) is 24.1. The third kappa shape index (κ3) is 5.28. The first-order valence-electron chi connectivity index (χ1n) is 11.9. The SMILES string of the molecule is CC(C)n1cc(C(=O)NCc2ccccc2)c(=O)c(C(=O)N2CCC[C@@H](c3ccccc3)C2)c1. The number of rotatable bonds is 6. The van der Waals surface area contributed by atoms with Crippen molar-refractivity contribution in [2.75, 3.05) is 13.1 Å². The molecule has 4 rings (SSSR count). The predicted octanol–water partition coefficient (Wildman–Crippen LogP) is 4.38. The molecule has 1 atom stereocenters. The average Bonchev–Trinajstić information content (AvgIpc) is 2.88. The third-order valence-corrected chi connectivity index (χ3v) is 6.39. The maximum Gasteiger partial charge on any atom is 0.259 e. The molecule has 0 spiro atoms. The molecule has 1 aliphatic rings. The summed E-state index contributed by atoms with van der Waals surface area (Å²) in [5.74, 6) is -0.542. The monoisotopic (exact) mass is 457 g/mol. The lowest BCUT2D eigenvalue weighted by atomic mass is 9.90. The smallest absolute Gasteiger partial charge is 0.259 e. The molecule has 1 saturated heterocycles. The van der Waals surface area contributed by atoms with Crippen molar-refractivity contribution in [3.8, 4) is 0 Å². The van der Waals surface area contributed by atoms with E-state index >= 15 is 0 Å². The number of likely N-dealkylation sites (tertiary alicyclic amines) is 1. The molecule has 2 amide bonds. The Morgan fingerprint density at radius 2 is 1.62 bits per heavy atom. The summed E-state index contributed by atoms with van der Waals surface area (Å²) in [4.78, 5) is 41.5. The normalized spacial score (nSPS) is 15.9. The standard InChI is InChI=1S/C28H31N3O3/c1-20(2)31-18-24(27(33)29-16-21-10-5-3-6-11-21)26(32)25(19-31)28(34)30-15-9-14-23(17-30)22-12-7-4-8-13-22/h3-8,10-13,18-20,23H,9,14-17H2,1-2H3,(H,29,33)/t23-/m1/s1. The van der Waals surface area contributed by atoms with Gasteiger partial charge in [0.1, 0.15) is 11.1 Å². The number of aromatic nitrogens is 1. The number of hydrogen-bond donors (Lipinski definition) is 1. The Hall–Kier alpha value is -3.67. The minimum absolute atomic E-state index is 0.00731. The van der Waals surface area contributed by atoms with E-state index in [0.717, 1.165) is 18.4 Å². The molecular weight excluding hydrogens is 426 g/mol. The fraction of sp³-hybridized carbons (Fsp3) is 0.321. The van der Waals surface area contributed by atoms with Crippen molar-refractivity contribution in [2.45, 2.75) is 45.2 Å². The Kier molecular flexibility index (Phi) is 7.26. The Balaban J connectivity index is 1.59. The number of pyridine rings is 1. The van der Waals surface area contributed by atoms with Crippen LogP contribution in [-0.4, -0.2) is 34.4 Å². The van der Waals surface area contributed by atoms with Crippen LogP contribution in [0.4, 0.5) is 0 Å². The van der Waals surface area contributed by atoms with E-state index in [4.69, 9.17) is 0 Å². The highest BCUT2D eigenvalue weighted by Crippen LogP contribution is 2.27. The highest BCUT2D eigenvalue weighted by Gasteiger charge is 2.28. The van der Waals surface area contributed by atoms with Crippen LogP contribution in [0, 0.1) is 0 Å². The van der Waals surface area contributed by atoms with E-state index in [-0.39, 0.29) is 29.0 Å². The van der Waals surface area contributed by atoms with Crippen molar-refractivity contribution < 1.29 is 9.59 Å². The van der Waals surface area contributed by atoms with Gasteiger partial charge in [-0.2, -0.15) is 0 Å². The average molecular weight is 458 g/mol. The van der Waals surface area contributed by atoms with Crippen LogP contribution in [-0.2, 0) is 6.54 Å². The quantitative estimate of drug-likeness (QED) is 0.597. The van der Waals surface area contributed by atoms with Crippen molar-refractivity contribution in [1.29, 1.82) is 0 Å². The number of piperidine rings is 1. The second-order valence-corrected chi connectivity index (χ2v) is 9.12. The van der Waals surface area contributed by atoms with Gasteiger partial charge in [0, 0.05) is 44.0 Å². The van der Waals surface area contributed by atoms with E-state index in [9.17, 15) is 14.4 Å². The lowest BCUT2D eigenvalue weighted by Crippen LogP contribution is -2.42. The van der Waals surface area contributed by atoms with Crippen LogP contribution in [0.15, 0.2) is 77.9 Å². The van der Waals surface area contributed by atoms with Crippen LogP contribution in [0.2, 0.25) is 0 Å². The van der Waals surface area contributed by atoms with E-state index in [1.807, 2.05) is 62.4 Å². The Bertz CT molecular complexity index is 1200. The molecule has 0 bridgehead atoms. The molecule has 0 aliphatic carbocycles. The van der Waals surface area contributed by atoms with Gasteiger partial charge in [0.2, 0.25) is 5.43 Å². The van der Waals surface area contributed by atoms with Crippen molar-refractivity contribution >= 4 is 11.8 Å². The molecule has 2 aromatic carbocycles. The summed E-state index contributed by atoms with van der Waals surface area (Å²) in [7, 11) is 0. The van der Waals surface area contributed by atoms with Crippen LogP contribution in [0.3, 0.4) is 0 Å². The van der Waals surface area contributed by atoms with Crippen LogP contribution in [0.1, 0.15) is 70.5 Å². The van der Waals surface area contributed by atoms with Crippen LogP contribution in [0.5, 0.6) is 0 Å². The molecule has 1 N–H and O–H groups in total. The van der Waals surface area contributed by atoms with E-state index in [0.29, 0.717) is 19.6 Å². The first-order valence-corrected chi connectivity index (χ1v) is 11.9. The van der Waals surface area contributed by atoms with Crippen LogP contribution < -0.4 is 10.7 Å². The first-order chi connectivity index (χ1) is 16.4. The predicted molar refractivity (Wildman–Crippen MR) is 133 cm³/mol. The van der Waals surface area contributed by atoms with Gasteiger partial charge in [-0.15, -0.1) is 0 Å². The molecule has 34 heavy (non-hydrogen) atoms. The summed E-state index contributed by atoms with van der Waals surface area (Å²) >= 11 is 0. The van der Waals surface area contributed by atoms with E-state index in [1.165, 1.54) is 5.56 Å². The second kappa shape index (κ2) is 10.5. The van der Waals surface area contributed by atoms with Gasteiger partial charge in [-0.25, -0.2) is 0 Å². The molecule has 1 aromatic heterocycles. The molecule has 2 heterocycles. The number of hydrogen-bond acceptors (Lipinski definition) is 3. The number of carbonyl (C=O) groups excluding carboxylic acids is 2. The number of amides is 2. The van der Waals surface area contributed by atoms with Crippen LogP contribution in [0.25, 0.3) is 0 Å². The highest BCUT2D eigenvalue weighted by atomic mass is 16.2. The fourth-order valence-electron chi connectivity index (χ4n) is 4.41. The molecule has 1 fully saturated rings. The minimum Gasteiger partial charge on any atom is -0.350 e. The number of benzene rings is 2. The Morgan fingerprint density at radius 1 is 0.971 bits per heavy atom. The van der Waals surface area contributed by atoms with Crippen LogP contribution >= 0.6 is 0 Å². The van der Waals surface area contributed by atoms with Gasteiger partial charge in [0.15, 0.2) is 0 Å². The first kappa shape index (κ1) is 23.5. The molecule has 3 aromatic rings. The summed E-state index contributed by atoms with van der Waals surface area (Å²) in [6.45, 7) is 5.39. The maximum atomic E-state index is 13.5. The van der Waals surface area contributed by atoms with E-state index in [1.54, 1.807) is 21.9 Å².